The lowest BCUT2D eigenvalue weighted by Gasteiger charge is -2.07. The molecule has 8 nitrogen and oxygen atoms in total. The highest BCUT2D eigenvalue weighted by Crippen LogP contribution is 2.19. The number of ether oxygens (including phenoxy) is 1. The summed E-state index contributed by atoms with van der Waals surface area (Å²) in [5.74, 6) is -1.71. The molecule has 0 aliphatic rings. The Hall–Kier alpha value is -3.08. The van der Waals surface area contributed by atoms with E-state index in [1.54, 1.807) is 6.07 Å². The van der Waals surface area contributed by atoms with Gasteiger partial charge < -0.3 is 14.6 Å². The molecule has 134 valence electrons. The molecular weight excluding hydrogens is 324 g/mol. The van der Waals surface area contributed by atoms with Crippen molar-refractivity contribution < 1.29 is 19.1 Å². The van der Waals surface area contributed by atoms with Gasteiger partial charge in [0.2, 0.25) is 0 Å². The van der Waals surface area contributed by atoms with Crippen molar-refractivity contribution in [2.24, 2.45) is 0 Å². The highest BCUT2D eigenvalue weighted by molar-refractivity contribution is 6.00. The molecule has 0 aromatic carbocycles. The molecule has 1 heterocycles. The van der Waals surface area contributed by atoms with E-state index in [1.807, 2.05) is 25.2 Å². The van der Waals surface area contributed by atoms with E-state index >= 15 is 0 Å². The van der Waals surface area contributed by atoms with Crippen LogP contribution < -0.4 is 10.6 Å². The first kappa shape index (κ1) is 20.0. The molecule has 3 amide bonds. The van der Waals surface area contributed by atoms with Crippen molar-refractivity contribution in [3.63, 3.8) is 0 Å². The summed E-state index contributed by atoms with van der Waals surface area (Å²) < 4.78 is 6.87. The number of hydrogen-bond acceptors (Lipinski definition) is 5. The number of aryl methyl sites for hydroxylation is 1. The van der Waals surface area contributed by atoms with Gasteiger partial charge in [-0.1, -0.05) is 6.92 Å². The van der Waals surface area contributed by atoms with Crippen molar-refractivity contribution in [1.29, 1.82) is 5.26 Å². The molecule has 0 saturated heterocycles. The van der Waals surface area contributed by atoms with Crippen molar-refractivity contribution >= 4 is 24.0 Å². The summed E-state index contributed by atoms with van der Waals surface area (Å²) in [6.07, 6.45) is 2.40. The number of aromatic nitrogens is 1. The summed E-state index contributed by atoms with van der Waals surface area (Å²) in [7, 11) is 1.35. The van der Waals surface area contributed by atoms with Gasteiger partial charge in [0, 0.05) is 25.0 Å². The van der Waals surface area contributed by atoms with Crippen LogP contribution in [0.1, 0.15) is 30.3 Å². The highest BCUT2D eigenvalue weighted by atomic mass is 16.5. The third-order valence-electron chi connectivity index (χ3n) is 3.51. The van der Waals surface area contributed by atoms with Gasteiger partial charge in [0.15, 0.2) is 6.61 Å². The first-order chi connectivity index (χ1) is 11.8. The zero-order valence-corrected chi connectivity index (χ0v) is 14.8. The molecule has 0 fully saturated rings. The summed E-state index contributed by atoms with van der Waals surface area (Å²) in [6, 6.07) is 2.96. The Morgan fingerprint density at radius 2 is 2.04 bits per heavy atom. The maximum absolute atomic E-state index is 12.0. The molecule has 2 N–H and O–H groups in total. The van der Waals surface area contributed by atoms with Crippen molar-refractivity contribution in [3.8, 4) is 6.07 Å². The molecular formula is C17H22N4O4. The average Bonchev–Trinajstić information content (AvgIpc) is 2.85. The minimum Gasteiger partial charge on any atom is -0.451 e. The van der Waals surface area contributed by atoms with Gasteiger partial charge in [-0.2, -0.15) is 5.26 Å². The summed E-state index contributed by atoms with van der Waals surface area (Å²) >= 11 is 0. The molecule has 0 aliphatic heterocycles. The number of imide groups is 1. The predicted octanol–water partition coefficient (Wildman–Crippen LogP) is 1.42. The largest absolute Gasteiger partial charge is 0.451 e. The SMILES string of the molecule is CCCn1c(C)cc(C=C(C#N)C(=O)OCC(=O)NC(=O)NC)c1C. The Balaban J connectivity index is 2.85. The normalized spacial score (nSPS) is 10.8. The van der Waals surface area contributed by atoms with E-state index in [0.717, 1.165) is 29.9 Å². The predicted molar refractivity (Wildman–Crippen MR) is 91.3 cm³/mol. The van der Waals surface area contributed by atoms with Crippen molar-refractivity contribution in [1.82, 2.24) is 15.2 Å². The lowest BCUT2D eigenvalue weighted by Crippen LogP contribution is -2.39. The van der Waals surface area contributed by atoms with Gasteiger partial charge in [0.25, 0.3) is 5.91 Å². The third kappa shape index (κ3) is 5.49. The molecule has 0 unspecified atom stereocenters. The molecule has 8 heteroatoms. The van der Waals surface area contributed by atoms with E-state index in [-0.39, 0.29) is 5.57 Å². The van der Waals surface area contributed by atoms with Crippen LogP contribution in [-0.2, 0) is 20.9 Å². The molecule has 1 aromatic heterocycles. The average molecular weight is 346 g/mol. The number of urea groups is 1. The molecule has 0 bridgehead atoms. The van der Waals surface area contributed by atoms with Crippen LogP contribution in [0.15, 0.2) is 11.6 Å². The Morgan fingerprint density at radius 3 is 2.60 bits per heavy atom. The molecule has 0 aliphatic carbocycles. The van der Waals surface area contributed by atoms with Gasteiger partial charge in [0.05, 0.1) is 0 Å². The lowest BCUT2D eigenvalue weighted by molar-refractivity contribution is -0.144. The monoisotopic (exact) mass is 346 g/mol. The van der Waals surface area contributed by atoms with Crippen LogP contribution in [0.3, 0.4) is 0 Å². The number of hydrogen-bond donors (Lipinski definition) is 2. The van der Waals surface area contributed by atoms with Crippen LogP contribution >= 0.6 is 0 Å². The molecule has 1 rings (SSSR count). The van der Waals surface area contributed by atoms with Gasteiger partial charge in [-0.3, -0.25) is 10.1 Å². The van der Waals surface area contributed by atoms with Gasteiger partial charge >= 0.3 is 12.0 Å². The van der Waals surface area contributed by atoms with Crippen molar-refractivity contribution in [2.45, 2.75) is 33.7 Å². The van der Waals surface area contributed by atoms with Crippen LogP contribution in [0, 0.1) is 25.2 Å². The van der Waals surface area contributed by atoms with Gasteiger partial charge in [0.1, 0.15) is 11.6 Å². The lowest BCUT2D eigenvalue weighted by atomic mass is 10.1. The quantitative estimate of drug-likeness (QED) is 0.459. The number of nitrogens with zero attached hydrogens (tertiary/aromatic N) is 2. The molecule has 1 aromatic rings. The van der Waals surface area contributed by atoms with E-state index in [2.05, 4.69) is 16.8 Å². The Labute approximate surface area is 146 Å². The summed E-state index contributed by atoms with van der Waals surface area (Å²) in [4.78, 5) is 34.3. The number of carbonyl (C=O) groups excluding carboxylic acids is 3. The first-order valence-corrected chi connectivity index (χ1v) is 7.81. The standard InChI is InChI=1S/C17H22N4O4/c1-5-6-21-11(2)7-13(12(21)3)8-14(9-18)16(23)25-10-15(22)20-17(24)19-4/h7-8H,5-6,10H2,1-4H3,(H2,19,20,22,24). The topological polar surface area (TPSA) is 113 Å². The highest BCUT2D eigenvalue weighted by Gasteiger charge is 2.16. The Kier molecular flexibility index (Phi) is 7.41. The van der Waals surface area contributed by atoms with Crippen LogP contribution in [0.4, 0.5) is 4.79 Å². The zero-order chi connectivity index (χ0) is 19.0. The number of rotatable bonds is 6. The molecule has 25 heavy (non-hydrogen) atoms. The molecule has 0 radical (unpaired) electrons. The van der Waals surface area contributed by atoms with E-state index in [0.29, 0.717) is 0 Å². The van der Waals surface area contributed by atoms with Crippen LogP contribution in [0.25, 0.3) is 6.08 Å². The molecule has 0 saturated carbocycles. The van der Waals surface area contributed by atoms with E-state index < -0.39 is 24.5 Å². The number of nitriles is 1. The van der Waals surface area contributed by atoms with Crippen LogP contribution in [-0.4, -0.2) is 36.1 Å². The minimum absolute atomic E-state index is 0.218. The van der Waals surface area contributed by atoms with Crippen LogP contribution in [0.2, 0.25) is 0 Å². The zero-order valence-electron chi connectivity index (χ0n) is 14.8. The second-order valence-corrected chi connectivity index (χ2v) is 5.35. The summed E-state index contributed by atoms with van der Waals surface area (Å²) in [5, 5.41) is 13.3. The Bertz CT molecular complexity index is 741. The first-order valence-electron chi connectivity index (χ1n) is 7.81. The van der Waals surface area contributed by atoms with E-state index in [9.17, 15) is 19.6 Å². The fourth-order valence-corrected chi connectivity index (χ4v) is 2.27. The summed E-state index contributed by atoms with van der Waals surface area (Å²) in [5.41, 5.74) is 2.50. The number of carbonyl (C=O) groups is 3. The smallest absolute Gasteiger partial charge is 0.349 e. The second kappa shape index (κ2) is 9.27. The second-order valence-electron chi connectivity index (χ2n) is 5.35. The Morgan fingerprint density at radius 1 is 1.36 bits per heavy atom. The van der Waals surface area contributed by atoms with E-state index in [1.165, 1.54) is 13.1 Å². The summed E-state index contributed by atoms with van der Waals surface area (Å²) in [6.45, 7) is 6.12. The number of esters is 1. The van der Waals surface area contributed by atoms with Gasteiger partial charge in [-0.15, -0.1) is 0 Å². The van der Waals surface area contributed by atoms with Gasteiger partial charge in [-0.25, -0.2) is 9.59 Å². The van der Waals surface area contributed by atoms with Crippen molar-refractivity contribution in [3.05, 3.63) is 28.6 Å². The fraction of sp³-hybridized carbons (Fsp3) is 0.412. The third-order valence-corrected chi connectivity index (χ3v) is 3.51. The maximum atomic E-state index is 12.0. The minimum atomic E-state index is -0.921. The van der Waals surface area contributed by atoms with Crippen molar-refractivity contribution in [2.75, 3.05) is 13.7 Å². The fourth-order valence-electron chi connectivity index (χ4n) is 2.27. The van der Waals surface area contributed by atoms with Gasteiger partial charge in [-0.05, 0) is 38.0 Å². The van der Waals surface area contributed by atoms with Crippen LogP contribution in [0.5, 0.6) is 0 Å². The molecule has 0 spiro atoms. The number of nitrogens with one attached hydrogen (secondary N) is 2. The maximum Gasteiger partial charge on any atom is 0.349 e. The molecule has 0 atom stereocenters. The van der Waals surface area contributed by atoms with E-state index in [4.69, 9.17) is 4.74 Å². The number of amides is 3.